The number of carboxylic acid groups (broad SMARTS) is 1. The third kappa shape index (κ3) is 5.29. The summed E-state index contributed by atoms with van der Waals surface area (Å²) in [7, 11) is 1.48. The number of hydrogen-bond acceptors (Lipinski definition) is 10. The molecule has 0 aliphatic carbocycles. The molecule has 0 amide bonds. The minimum absolute atomic E-state index is 0.00170. The normalized spacial score (nSPS) is 20.7. The van der Waals surface area contributed by atoms with Crippen molar-refractivity contribution in [2.75, 3.05) is 31.7 Å². The maximum Gasteiger partial charge on any atom is 0.417 e. The molecule has 7 rings (SSSR count). The Labute approximate surface area is 260 Å². The number of aromatic nitrogens is 3. The van der Waals surface area contributed by atoms with Gasteiger partial charge in [-0.2, -0.15) is 18.3 Å². The summed E-state index contributed by atoms with van der Waals surface area (Å²) in [4.78, 5) is 22.5. The van der Waals surface area contributed by atoms with E-state index in [1.807, 2.05) is 20.5 Å². The third-order valence-electron chi connectivity index (χ3n) is 8.25. The highest BCUT2D eigenvalue weighted by Gasteiger charge is 2.43. The van der Waals surface area contributed by atoms with Gasteiger partial charge in [0.05, 0.1) is 55.2 Å². The first-order valence-electron chi connectivity index (χ1n) is 14.5. The number of para-hydroxylation sites is 1. The number of carboxylic acids is 1. The number of fused-ring (bicyclic) bond motifs is 2. The Morgan fingerprint density at radius 2 is 2.00 bits per heavy atom. The number of benzene rings is 2. The van der Waals surface area contributed by atoms with Crippen LogP contribution in [0, 0.1) is 0 Å². The molecule has 1 saturated heterocycles. The number of halogens is 3. The highest BCUT2D eigenvalue weighted by Crippen LogP contribution is 2.49. The first-order valence-corrected chi connectivity index (χ1v) is 14.5. The highest BCUT2D eigenvalue weighted by atomic mass is 19.4. The topological polar surface area (TPSA) is 124 Å². The van der Waals surface area contributed by atoms with Crippen molar-refractivity contribution >= 4 is 29.0 Å². The van der Waals surface area contributed by atoms with Crippen molar-refractivity contribution in [1.82, 2.24) is 19.5 Å². The van der Waals surface area contributed by atoms with E-state index >= 15 is 0 Å². The maximum absolute atomic E-state index is 13.1. The van der Waals surface area contributed by atoms with Gasteiger partial charge >= 0.3 is 12.1 Å². The van der Waals surface area contributed by atoms with Crippen molar-refractivity contribution in [2.45, 2.75) is 44.5 Å². The van der Waals surface area contributed by atoms with Gasteiger partial charge in [-0.3, -0.25) is 9.99 Å². The number of methoxy groups -OCH3 is 1. The van der Waals surface area contributed by atoms with E-state index in [0.29, 0.717) is 72.6 Å². The minimum Gasteiger partial charge on any atom is -0.494 e. The molecule has 1 fully saturated rings. The second-order valence-corrected chi connectivity index (χ2v) is 11.3. The molecular weight excluding hydrogens is 609 g/mol. The van der Waals surface area contributed by atoms with E-state index in [2.05, 4.69) is 10.1 Å². The van der Waals surface area contributed by atoms with Crippen molar-refractivity contribution < 1.29 is 42.0 Å². The lowest BCUT2D eigenvalue weighted by Gasteiger charge is -2.31. The van der Waals surface area contributed by atoms with Crippen molar-refractivity contribution in [3.05, 3.63) is 71.3 Å². The number of rotatable bonds is 8. The second-order valence-electron chi connectivity index (χ2n) is 11.3. The average Bonchev–Trinajstić information content (AvgIpc) is 3.55. The van der Waals surface area contributed by atoms with Gasteiger partial charge in [-0.15, -0.1) is 0 Å². The Hall–Kier alpha value is -5.05. The molecule has 0 radical (unpaired) electrons. The van der Waals surface area contributed by atoms with Crippen LogP contribution in [0.2, 0.25) is 0 Å². The zero-order chi connectivity index (χ0) is 32.2. The molecule has 12 nitrogen and oxygen atoms in total. The molecule has 3 aliphatic heterocycles. The van der Waals surface area contributed by atoms with E-state index in [9.17, 15) is 23.1 Å². The number of carbonyl (C=O) groups is 1. The molecule has 1 N–H and O–H groups in total. The monoisotopic (exact) mass is 638 g/mol. The number of hydrazone groups is 1. The molecule has 3 aliphatic rings. The zero-order valence-corrected chi connectivity index (χ0v) is 24.8. The quantitative estimate of drug-likeness (QED) is 0.286. The zero-order valence-electron chi connectivity index (χ0n) is 24.8. The summed E-state index contributed by atoms with van der Waals surface area (Å²) >= 11 is 0. The number of aromatic carboxylic acids is 1. The number of ether oxygens (including phenoxy) is 4. The summed E-state index contributed by atoms with van der Waals surface area (Å²) < 4.78 is 64.6. The highest BCUT2D eigenvalue weighted by molar-refractivity contribution is 5.95. The molecule has 46 heavy (non-hydrogen) atoms. The number of hydrogen-bond donors (Lipinski definition) is 1. The van der Waals surface area contributed by atoms with Crippen LogP contribution in [0.3, 0.4) is 0 Å². The second kappa shape index (κ2) is 11.1. The molecule has 240 valence electrons. The van der Waals surface area contributed by atoms with Crippen molar-refractivity contribution in [1.29, 1.82) is 0 Å². The third-order valence-corrected chi connectivity index (χ3v) is 8.25. The van der Waals surface area contributed by atoms with Crippen LogP contribution in [0.5, 0.6) is 17.2 Å². The standard InChI is InChI=1S/C31H29F3N6O6/c1-30(25-7-6-19(14-35-25)31(32,33)34)45-23-5-3-4-21(28(23)46-30)38-9-10-39(36-17-38)16-26-37-27-22(40(26)15-20-8-11-44-20)12-18(29(41)42)13-24(27)43-2/h3-7,12-14,17,20H,8-11,15-16H2,1-2H3,(H,41,42)/t20-,30?/m0/s1. The molecule has 2 aromatic heterocycles. The first-order chi connectivity index (χ1) is 22.0. The van der Waals surface area contributed by atoms with Crippen LogP contribution in [0.1, 0.15) is 40.8 Å². The fraction of sp³-hybridized carbons (Fsp3) is 0.355. The Morgan fingerprint density at radius 3 is 2.63 bits per heavy atom. The first kappa shape index (κ1) is 29.6. The predicted octanol–water partition coefficient (Wildman–Crippen LogP) is 4.86. The van der Waals surface area contributed by atoms with Gasteiger partial charge in [0.2, 0.25) is 0 Å². The molecule has 4 aromatic rings. The molecule has 2 atom stereocenters. The molecule has 1 unspecified atom stereocenters. The molecular formula is C31H29F3N6O6. The largest absolute Gasteiger partial charge is 0.494 e. The van der Waals surface area contributed by atoms with Crippen LogP contribution in [-0.2, 0) is 29.8 Å². The summed E-state index contributed by atoms with van der Waals surface area (Å²) in [6.45, 7) is 4.19. The fourth-order valence-electron chi connectivity index (χ4n) is 5.69. The van der Waals surface area contributed by atoms with Crippen LogP contribution in [-0.4, -0.2) is 69.9 Å². The van der Waals surface area contributed by atoms with Gasteiger partial charge in [-0.25, -0.2) is 9.78 Å². The van der Waals surface area contributed by atoms with Crippen molar-refractivity contribution in [2.24, 2.45) is 5.10 Å². The van der Waals surface area contributed by atoms with E-state index < -0.39 is 23.5 Å². The van der Waals surface area contributed by atoms with Gasteiger partial charge in [0.1, 0.15) is 29.1 Å². The van der Waals surface area contributed by atoms with E-state index in [0.717, 1.165) is 18.7 Å². The Balaban J connectivity index is 1.12. The smallest absolute Gasteiger partial charge is 0.417 e. The summed E-state index contributed by atoms with van der Waals surface area (Å²) in [6, 6.07) is 10.6. The molecule has 0 spiro atoms. The van der Waals surface area contributed by atoms with Crippen LogP contribution in [0.15, 0.2) is 53.8 Å². The lowest BCUT2D eigenvalue weighted by Crippen LogP contribution is -2.38. The van der Waals surface area contributed by atoms with Gasteiger partial charge in [0.25, 0.3) is 5.79 Å². The van der Waals surface area contributed by atoms with Crippen LogP contribution in [0.4, 0.5) is 18.9 Å². The molecule has 15 heteroatoms. The van der Waals surface area contributed by atoms with E-state index in [1.54, 1.807) is 31.5 Å². The Bertz CT molecular complexity index is 1840. The van der Waals surface area contributed by atoms with Gasteiger partial charge in [0.15, 0.2) is 11.5 Å². The Kier molecular flexibility index (Phi) is 7.14. The lowest BCUT2D eigenvalue weighted by molar-refractivity contribution is -0.138. The summed E-state index contributed by atoms with van der Waals surface area (Å²) in [5, 5.41) is 16.2. The van der Waals surface area contributed by atoms with Gasteiger partial charge < -0.3 is 33.5 Å². The number of imidazole rings is 1. The Morgan fingerprint density at radius 1 is 1.17 bits per heavy atom. The number of pyridine rings is 1. The van der Waals surface area contributed by atoms with Crippen molar-refractivity contribution in [3.63, 3.8) is 0 Å². The molecule has 5 heterocycles. The van der Waals surface area contributed by atoms with E-state index in [-0.39, 0.29) is 17.4 Å². The fourth-order valence-corrected chi connectivity index (χ4v) is 5.69. The van der Waals surface area contributed by atoms with E-state index in [1.165, 1.54) is 19.2 Å². The molecule has 2 aromatic carbocycles. The molecule has 0 saturated carbocycles. The minimum atomic E-state index is -4.50. The summed E-state index contributed by atoms with van der Waals surface area (Å²) in [5.74, 6) is -0.570. The number of anilines is 1. The average molecular weight is 639 g/mol. The van der Waals surface area contributed by atoms with Crippen LogP contribution < -0.4 is 19.1 Å². The summed E-state index contributed by atoms with van der Waals surface area (Å²) in [5.41, 5.74) is 1.32. The number of alkyl halides is 3. The van der Waals surface area contributed by atoms with E-state index in [4.69, 9.17) is 23.9 Å². The van der Waals surface area contributed by atoms with Gasteiger partial charge in [0, 0.05) is 26.3 Å². The van der Waals surface area contributed by atoms with Gasteiger partial charge in [-0.1, -0.05) is 6.07 Å². The molecule has 0 bridgehead atoms. The number of nitrogens with zero attached hydrogens (tertiary/aromatic N) is 6. The van der Waals surface area contributed by atoms with Crippen LogP contribution >= 0.6 is 0 Å². The SMILES string of the molecule is COc1cc(C(=O)O)cc2c1nc(CN1CCN(c3cccc4c3OC(C)(c3ccc(C(F)(F)F)cn3)O4)C=N1)n2C[C@@H]1CCO1. The summed E-state index contributed by atoms with van der Waals surface area (Å²) in [6.07, 6.45) is -1.18. The lowest BCUT2D eigenvalue weighted by atomic mass is 10.1. The predicted molar refractivity (Wildman–Crippen MR) is 158 cm³/mol. The van der Waals surface area contributed by atoms with Crippen molar-refractivity contribution in [3.8, 4) is 17.2 Å². The van der Waals surface area contributed by atoms with Gasteiger partial charge in [-0.05, 0) is 42.8 Å². The van der Waals surface area contributed by atoms with Crippen LogP contribution in [0.25, 0.3) is 11.0 Å². The maximum atomic E-state index is 13.1.